The van der Waals surface area contributed by atoms with Crippen LogP contribution in [0.25, 0.3) is 11.4 Å². The van der Waals surface area contributed by atoms with E-state index in [9.17, 15) is 0 Å². The molecule has 0 saturated carbocycles. The van der Waals surface area contributed by atoms with Gasteiger partial charge in [-0.2, -0.15) is 0 Å². The Morgan fingerprint density at radius 3 is 1.67 bits per heavy atom. The molecule has 2 aromatic rings. The lowest BCUT2D eigenvalue weighted by Gasteiger charge is -2.08. The Labute approximate surface area is 138 Å². The van der Waals surface area contributed by atoms with Gasteiger partial charge in [0.15, 0.2) is 17.5 Å². The maximum atomic E-state index is 4.43. The zero-order chi connectivity index (χ0) is 13.1. The summed E-state index contributed by atoms with van der Waals surface area (Å²) in [5.74, 6) is 1.94. The fourth-order valence-electron chi connectivity index (χ4n) is 1.32. The topological polar surface area (TPSA) is 38.7 Å². The number of rotatable bonds is 3. The molecule has 0 bridgehead atoms. The second kappa shape index (κ2) is 6.54. The van der Waals surface area contributed by atoms with Crippen LogP contribution in [0.15, 0.2) is 30.3 Å². The van der Waals surface area contributed by atoms with E-state index in [1.54, 1.807) is 0 Å². The van der Waals surface area contributed by atoms with Crippen LogP contribution in [0.2, 0.25) is 0 Å². The van der Waals surface area contributed by atoms with Crippen molar-refractivity contribution in [2.75, 3.05) is 0 Å². The molecule has 0 aliphatic heterocycles. The van der Waals surface area contributed by atoms with Crippen LogP contribution < -0.4 is 0 Å². The molecular formula is C11H7Br4N3. The van der Waals surface area contributed by atoms with E-state index in [-0.39, 0.29) is 7.47 Å². The predicted octanol–water partition coefficient (Wildman–Crippen LogP) is 5.12. The molecule has 0 amide bonds. The summed E-state index contributed by atoms with van der Waals surface area (Å²) in [6.45, 7) is 0. The minimum Gasteiger partial charge on any atom is -0.214 e. The second-order valence-electron chi connectivity index (χ2n) is 3.34. The molecule has 3 nitrogen and oxygen atoms in total. The van der Waals surface area contributed by atoms with Crippen LogP contribution in [0.1, 0.15) is 19.1 Å². The van der Waals surface area contributed by atoms with Gasteiger partial charge in [0.05, 0.1) is 0 Å². The zero-order valence-electron chi connectivity index (χ0n) is 8.89. The van der Waals surface area contributed by atoms with Crippen molar-refractivity contribution in [2.24, 2.45) is 0 Å². The molecule has 0 radical (unpaired) electrons. The van der Waals surface area contributed by atoms with Crippen molar-refractivity contribution in [3.63, 3.8) is 0 Å². The summed E-state index contributed by atoms with van der Waals surface area (Å²) in [5, 5.41) is 0. The molecule has 1 aromatic carbocycles. The van der Waals surface area contributed by atoms with Crippen molar-refractivity contribution in [1.82, 2.24) is 15.0 Å². The molecule has 0 N–H and O–H groups in total. The van der Waals surface area contributed by atoms with Crippen LogP contribution in [0, 0.1) is 0 Å². The maximum absolute atomic E-state index is 4.43. The summed E-state index contributed by atoms with van der Waals surface area (Å²) >= 11 is 13.6. The van der Waals surface area contributed by atoms with E-state index in [2.05, 4.69) is 78.7 Å². The quantitative estimate of drug-likeness (QED) is 0.550. The van der Waals surface area contributed by atoms with Gasteiger partial charge in [0.25, 0.3) is 0 Å². The summed E-state index contributed by atoms with van der Waals surface area (Å²) < 4.78 is -0.207. The van der Waals surface area contributed by atoms with Gasteiger partial charge in [0.1, 0.15) is 7.47 Å². The molecule has 0 atom stereocenters. The van der Waals surface area contributed by atoms with Gasteiger partial charge in [0, 0.05) is 5.56 Å². The summed E-state index contributed by atoms with van der Waals surface area (Å²) in [5.41, 5.74) is 0.962. The molecule has 1 heterocycles. The average Bonchev–Trinajstić information content (AvgIpc) is 2.39. The highest BCUT2D eigenvalue weighted by Crippen LogP contribution is 2.31. The summed E-state index contributed by atoms with van der Waals surface area (Å²) in [6.07, 6.45) is 0. The first-order valence-corrected chi connectivity index (χ1v) is 8.62. The van der Waals surface area contributed by atoms with Gasteiger partial charge in [-0.25, -0.2) is 15.0 Å². The predicted molar refractivity (Wildman–Crippen MR) is 86.5 cm³/mol. The number of alkyl halides is 4. The van der Waals surface area contributed by atoms with Crippen molar-refractivity contribution in [3.8, 4) is 11.4 Å². The van der Waals surface area contributed by atoms with E-state index in [1.807, 2.05) is 30.3 Å². The van der Waals surface area contributed by atoms with E-state index >= 15 is 0 Å². The molecule has 0 fully saturated rings. The minimum atomic E-state index is -0.104. The summed E-state index contributed by atoms with van der Waals surface area (Å²) in [7, 11) is 0. The molecule has 7 heteroatoms. The normalized spacial score (nSPS) is 11.2. The van der Waals surface area contributed by atoms with Crippen LogP contribution in [0.4, 0.5) is 0 Å². The molecule has 0 aliphatic carbocycles. The Hall–Kier alpha value is 0.150. The van der Waals surface area contributed by atoms with Crippen LogP contribution in [-0.2, 0) is 0 Å². The van der Waals surface area contributed by atoms with E-state index < -0.39 is 0 Å². The van der Waals surface area contributed by atoms with Crippen LogP contribution in [-0.4, -0.2) is 15.0 Å². The summed E-state index contributed by atoms with van der Waals surface area (Å²) in [6, 6.07) is 9.81. The molecule has 2 rings (SSSR count). The van der Waals surface area contributed by atoms with Gasteiger partial charge >= 0.3 is 0 Å². The molecule has 0 aliphatic rings. The number of nitrogens with zero attached hydrogens (tertiary/aromatic N) is 3. The van der Waals surface area contributed by atoms with Crippen molar-refractivity contribution < 1.29 is 0 Å². The number of hydrogen-bond donors (Lipinski definition) is 0. The Balaban J connectivity index is 2.54. The first kappa shape index (κ1) is 14.6. The Bertz CT molecular complexity index is 505. The lowest BCUT2D eigenvalue weighted by atomic mass is 10.2. The van der Waals surface area contributed by atoms with Crippen LogP contribution in [0.3, 0.4) is 0 Å². The first-order valence-electron chi connectivity index (χ1n) is 4.95. The third kappa shape index (κ3) is 3.59. The fraction of sp³-hybridized carbons (Fsp3) is 0.182. The van der Waals surface area contributed by atoms with Gasteiger partial charge < -0.3 is 0 Å². The molecule has 1 aromatic heterocycles. The largest absolute Gasteiger partial charge is 0.214 e. The smallest absolute Gasteiger partial charge is 0.163 e. The van der Waals surface area contributed by atoms with E-state index in [0.717, 1.165) is 5.56 Å². The van der Waals surface area contributed by atoms with Gasteiger partial charge in [-0.1, -0.05) is 94.1 Å². The van der Waals surface area contributed by atoms with E-state index in [1.165, 1.54) is 0 Å². The first-order chi connectivity index (χ1) is 8.58. The average molecular weight is 501 g/mol. The Morgan fingerprint density at radius 2 is 1.22 bits per heavy atom. The minimum absolute atomic E-state index is 0.104. The Kier molecular flexibility index (Phi) is 5.29. The SMILES string of the molecule is BrC(Br)c1nc(-c2ccccc2)nc(C(Br)Br)n1. The van der Waals surface area contributed by atoms with E-state index in [4.69, 9.17) is 0 Å². The lowest BCUT2D eigenvalue weighted by Crippen LogP contribution is -2.04. The number of hydrogen-bond acceptors (Lipinski definition) is 3. The van der Waals surface area contributed by atoms with E-state index in [0.29, 0.717) is 17.5 Å². The number of aromatic nitrogens is 3. The van der Waals surface area contributed by atoms with Crippen molar-refractivity contribution in [1.29, 1.82) is 0 Å². The number of benzene rings is 1. The fourth-order valence-corrected chi connectivity index (χ4v) is 2.14. The van der Waals surface area contributed by atoms with Gasteiger partial charge in [0.2, 0.25) is 0 Å². The maximum Gasteiger partial charge on any atom is 0.163 e. The molecule has 0 spiro atoms. The van der Waals surface area contributed by atoms with Gasteiger partial charge in [-0.05, 0) is 0 Å². The molecule has 0 saturated heterocycles. The van der Waals surface area contributed by atoms with Gasteiger partial charge in [-0.15, -0.1) is 0 Å². The standard InChI is InChI=1S/C11H7Br4N3/c12-7(13)10-16-9(6-4-2-1-3-5-6)17-11(18-10)8(14)15/h1-5,7-8H. The highest BCUT2D eigenvalue weighted by molar-refractivity contribution is 9.24. The summed E-state index contributed by atoms with van der Waals surface area (Å²) in [4.78, 5) is 13.2. The monoisotopic (exact) mass is 497 g/mol. The van der Waals surface area contributed by atoms with Crippen molar-refractivity contribution in [3.05, 3.63) is 42.0 Å². The molecule has 94 valence electrons. The van der Waals surface area contributed by atoms with Crippen molar-refractivity contribution in [2.45, 2.75) is 7.47 Å². The van der Waals surface area contributed by atoms with Crippen molar-refractivity contribution >= 4 is 63.7 Å². The zero-order valence-corrected chi connectivity index (χ0v) is 15.2. The number of halogens is 4. The van der Waals surface area contributed by atoms with Gasteiger partial charge in [-0.3, -0.25) is 0 Å². The molecular weight excluding hydrogens is 494 g/mol. The third-order valence-electron chi connectivity index (χ3n) is 2.09. The van der Waals surface area contributed by atoms with Crippen LogP contribution >= 0.6 is 63.7 Å². The highest BCUT2D eigenvalue weighted by Gasteiger charge is 2.15. The Morgan fingerprint density at radius 1 is 0.722 bits per heavy atom. The highest BCUT2D eigenvalue weighted by atomic mass is 79.9. The molecule has 18 heavy (non-hydrogen) atoms. The second-order valence-corrected chi connectivity index (χ2v) is 9.46. The van der Waals surface area contributed by atoms with Crippen LogP contribution in [0.5, 0.6) is 0 Å². The lowest BCUT2D eigenvalue weighted by molar-refractivity contribution is 0.912. The third-order valence-corrected chi connectivity index (χ3v) is 3.73. The molecule has 0 unspecified atom stereocenters.